The maximum Gasteiger partial charge on any atom is 0.0725 e. The first-order chi connectivity index (χ1) is 42.0. The zero-order chi connectivity index (χ0) is 61.8. The van der Waals surface area contributed by atoms with E-state index in [9.17, 15) is 0 Å². The number of benzene rings is 9. The van der Waals surface area contributed by atoms with Crippen LogP contribution in [0.2, 0.25) is 0 Å². The molecular weight excluding hydrogens is 1030 g/mol. The number of fused-ring (bicyclic) bond motifs is 10. The second-order valence-electron chi connectivity index (χ2n) is 23.6. The number of hydrogen-bond acceptors (Lipinski definition) is 0. The second kappa shape index (κ2) is 31.9. The summed E-state index contributed by atoms with van der Waals surface area (Å²) in [5.41, 5.74) is 28.4. The lowest BCUT2D eigenvalue weighted by atomic mass is 9.70. The van der Waals surface area contributed by atoms with Gasteiger partial charge in [-0.2, -0.15) is 0 Å². The van der Waals surface area contributed by atoms with Crippen LogP contribution >= 0.6 is 0 Å². The van der Waals surface area contributed by atoms with E-state index >= 15 is 0 Å². The normalized spacial score (nSPS) is 13.7. The summed E-state index contributed by atoms with van der Waals surface area (Å²) in [6.07, 6.45) is 15.1. The molecule has 1 spiro atoms. The van der Waals surface area contributed by atoms with Crippen molar-refractivity contribution in [2.24, 2.45) is 11.8 Å². The van der Waals surface area contributed by atoms with Gasteiger partial charge in [0.05, 0.1) is 5.41 Å². The Balaban J connectivity index is 0.000000185. The van der Waals surface area contributed by atoms with Gasteiger partial charge in [-0.15, -0.1) is 13.2 Å². The molecule has 0 nitrogen and oxygen atoms in total. The Labute approximate surface area is 521 Å². The van der Waals surface area contributed by atoms with Gasteiger partial charge in [-0.1, -0.05) is 323 Å². The van der Waals surface area contributed by atoms with E-state index in [-0.39, 0.29) is 5.41 Å². The van der Waals surface area contributed by atoms with Gasteiger partial charge in [0.1, 0.15) is 0 Å². The number of allylic oxidation sites excluding steroid dienone is 5. The van der Waals surface area contributed by atoms with Crippen LogP contribution in [0.25, 0.3) is 50.1 Å². The van der Waals surface area contributed by atoms with Crippen molar-refractivity contribution >= 4 is 5.57 Å². The standard InChI is InChI=1S/C35H30.C29H34.C13H12.C5H12.C2H6.C2H4/c1-4-13-24(14-5-2)26(6-3)25-21-22-34-30(23-25)29-17-9-12-20-33(29)35(34)31-18-10-7-15-27(31)28-16-8-11-19-32(28)35;1-5-21(3)29(24-13-8-10-20(2)18-24)25-16-17-26(22(4)19-25)28-15-7-6-14-27(28)23-11-9-12-23;1-11-7-9-13(10-8-11)12-5-3-2-4-6-12;1-4-5(2)3;2*1-2/h4,6-13,15-23H,3,5,14H2,1-2H3;6-8,10,13-19,21,23,29H,5,9,11-12H2,1-4H3;2-10H,1H3;5H,4H2,1-3H3;1-2H3;1-2H2/b13-4-,26-24-;;;;;. The number of rotatable bonds is 13. The fourth-order valence-corrected chi connectivity index (χ4v) is 12.8. The highest BCUT2D eigenvalue weighted by atomic mass is 14.5. The molecule has 2 atom stereocenters. The highest BCUT2D eigenvalue weighted by Gasteiger charge is 2.51. The Bertz CT molecular complexity index is 3620. The van der Waals surface area contributed by atoms with Gasteiger partial charge >= 0.3 is 0 Å². The van der Waals surface area contributed by atoms with Gasteiger partial charge in [-0.25, -0.2) is 0 Å². The molecule has 0 amide bonds. The molecule has 0 bridgehead atoms. The van der Waals surface area contributed by atoms with Gasteiger partial charge in [0.2, 0.25) is 0 Å². The number of hydrogen-bond donors (Lipinski definition) is 0. The summed E-state index contributed by atoms with van der Waals surface area (Å²) in [5, 5.41) is 0. The molecule has 0 aliphatic heterocycles. The smallest absolute Gasteiger partial charge is 0.0725 e. The summed E-state index contributed by atoms with van der Waals surface area (Å²) in [4.78, 5) is 0. The third-order valence-electron chi connectivity index (χ3n) is 17.7. The lowest BCUT2D eigenvalue weighted by Gasteiger charge is -2.30. The lowest BCUT2D eigenvalue weighted by molar-refractivity contribution is 0.420. The molecule has 0 N–H and O–H groups in total. The predicted octanol–water partition coefficient (Wildman–Crippen LogP) is 25.3. The van der Waals surface area contributed by atoms with Crippen molar-refractivity contribution in [3.8, 4) is 44.5 Å². The number of aryl methyl sites for hydroxylation is 3. The summed E-state index contributed by atoms with van der Waals surface area (Å²) in [5.74, 6) is 2.71. The monoisotopic (exact) mass is 1130 g/mol. The lowest BCUT2D eigenvalue weighted by Crippen LogP contribution is -2.25. The highest BCUT2D eigenvalue weighted by Crippen LogP contribution is 2.63. The minimum atomic E-state index is -0.273. The van der Waals surface area contributed by atoms with Crippen molar-refractivity contribution in [1.29, 1.82) is 0 Å². The van der Waals surface area contributed by atoms with E-state index in [4.69, 9.17) is 0 Å². The minimum absolute atomic E-state index is 0.273. The molecule has 0 heterocycles. The van der Waals surface area contributed by atoms with E-state index < -0.39 is 0 Å². The average Bonchev–Trinajstić information content (AvgIpc) is 1.66. The maximum absolute atomic E-state index is 4.20. The predicted molar refractivity (Wildman–Crippen MR) is 380 cm³/mol. The maximum atomic E-state index is 4.20. The van der Waals surface area contributed by atoms with Gasteiger partial charge in [0.15, 0.2) is 0 Å². The van der Waals surface area contributed by atoms with E-state index in [1.54, 1.807) is 5.56 Å². The summed E-state index contributed by atoms with van der Waals surface area (Å²) < 4.78 is 0. The van der Waals surface area contributed by atoms with Crippen molar-refractivity contribution in [3.63, 3.8) is 0 Å². The molecule has 12 rings (SSSR count). The summed E-state index contributed by atoms with van der Waals surface area (Å²) in [7, 11) is 0. The molecule has 9 aromatic rings. The Morgan fingerprint density at radius 1 is 0.512 bits per heavy atom. The zero-order valence-corrected chi connectivity index (χ0v) is 54.3. The third kappa shape index (κ3) is 14.4. The molecule has 0 saturated heterocycles. The Morgan fingerprint density at radius 3 is 1.55 bits per heavy atom. The Kier molecular flexibility index (Phi) is 24.3. The fraction of sp³-hybridized carbons (Fsp3) is 0.279. The van der Waals surface area contributed by atoms with Gasteiger partial charge in [-0.05, 0) is 177 Å². The topological polar surface area (TPSA) is 0 Å². The molecule has 0 heteroatoms. The van der Waals surface area contributed by atoms with Crippen LogP contribution in [0.3, 0.4) is 0 Å². The molecular formula is C86H98. The molecule has 86 heavy (non-hydrogen) atoms. The molecule has 0 aromatic heterocycles. The summed E-state index contributed by atoms with van der Waals surface area (Å²) in [6.45, 7) is 36.5. The van der Waals surface area contributed by atoms with Crippen LogP contribution in [0.5, 0.6) is 0 Å². The van der Waals surface area contributed by atoms with Crippen molar-refractivity contribution in [2.45, 2.75) is 145 Å². The van der Waals surface area contributed by atoms with Crippen LogP contribution in [-0.2, 0) is 5.41 Å². The van der Waals surface area contributed by atoms with E-state index in [0.29, 0.717) is 11.8 Å². The van der Waals surface area contributed by atoms with Crippen LogP contribution in [0.4, 0.5) is 0 Å². The first-order valence-electron chi connectivity index (χ1n) is 32.3. The van der Waals surface area contributed by atoms with Crippen LogP contribution < -0.4 is 0 Å². The fourth-order valence-electron chi connectivity index (χ4n) is 12.8. The highest BCUT2D eigenvalue weighted by molar-refractivity contribution is 5.96. The molecule has 1 saturated carbocycles. The van der Waals surface area contributed by atoms with Crippen molar-refractivity contribution in [2.75, 3.05) is 0 Å². The average molecular weight is 1130 g/mol. The molecule has 442 valence electrons. The van der Waals surface area contributed by atoms with Gasteiger partial charge in [-0.3, -0.25) is 0 Å². The molecule has 2 unspecified atom stereocenters. The first kappa shape index (κ1) is 65.5. The summed E-state index contributed by atoms with van der Waals surface area (Å²) in [6, 6.07) is 78.4. The quantitative estimate of drug-likeness (QED) is 0.0797. The SMILES string of the molecule is C=C.C=C/C(=C(\C=C/C)CCC)c1ccc2c(c1)-c1ccccc1C21c2ccccc2-c2ccccc21.CC.CCC(C)C.CCC(C)C(c1cccc(C)c1)c1ccc(-c2ccccc2C2CCC2)c(C)c1.Cc1ccc(-c2ccccc2)cc1. The Hall–Kier alpha value is -8.06. The molecule has 1 fully saturated rings. The van der Waals surface area contributed by atoms with Crippen molar-refractivity contribution in [1.82, 2.24) is 0 Å². The third-order valence-corrected chi connectivity index (χ3v) is 17.7. The van der Waals surface area contributed by atoms with Crippen LogP contribution in [0.15, 0.2) is 256 Å². The van der Waals surface area contributed by atoms with E-state index in [1.165, 1.54) is 143 Å². The van der Waals surface area contributed by atoms with Gasteiger partial charge < -0.3 is 0 Å². The molecule has 0 radical (unpaired) electrons. The summed E-state index contributed by atoms with van der Waals surface area (Å²) >= 11 is 0. The second-order valence-corrected chi connectivity index (χ2v) is 23.6. The Morgan fingerprint density at radius 2 is 1.03 bits per heavy atom. The van der Waals surface area contributed by atoms with E-state index in [1.807, 2.05) is 26.0 Å². The molecule has 3 aliphatic carbocycles. The molecule has 3 aliphatic rings. The minimum Gasteiger partial charge on any atom is -0.106 e. The van der Waals surface area contributed by atoms with Gasteiger partial charge in [0, 0.05) is 5.92 Å². The van der Waals surface area contributed by atoms with Crippen molar-refractivity contribution in [3.05, 3.63) is 317 Å². The molecule has 9 aromatic carbocycles. The van der Waals surface area contributed by atoms with Gasteiger partial charge in [0.25, 0.3) is 0 Å². The van der Waals surface area contributed by atoms with Crippen LogP contribution in [0.1, 0.15) is 180 Å². The van der Waals surface area contributed by atoms with Crippen molar-refractivity contribution < 1.29 is 0 Å². The van der Waals surface area contributed by atoms with Crippen LogP contribution in [-0.4, -0.2) is 0 Å². The van der Waals surface area contributed by atoms with E-state index in [0.717, 1.165) is 24.7 Å². The zero-order valence-electron chi connectivity index (χ0n) is 54.3. The van der Waals surface area contributed by atoms with Crippen LogP contribution in [0, 0.1) is 32.6 Å². The largest absolute Gasteiger partial charge is 0.106 e. The van der Waals surface area contributed by atoms with E-state index in [2.05, 4.69) is 307 Å². The first-order valence-corrected chi connectivity index (χ1v) is 32.3.